The Balaban J connectivity index is 1.81. The molecule has 0 aliphatic carbocycles. The molecule has 0 radical (unpaired) electrons. The van der Waals surface area contributed by atoms with Crippen molar-refractivity contribution in [2.24, 2.45) is 5.92 Å². The molecule has 0 saturated carbocycles. The molecule has 0 unspecified atom stereocenters. The van der Waals surface area contributed by atoms with Crippen LogP contribution in [-0.2, 0) is 36.5 Å². The molecule has 4 atom stereocenters. The van der Waals surface area contributed by atoms with Gasteiger partial charge in [0.05, 0.1) is 24.9 Å². The fraction of sp³-hybridized carbons (Fsp3) is 0.556. The van der Waals surface area contributed by atoms with Crippen molar-refractivity contribution in [1.29, 1.82) is 0 Å². The molecule has 1 saturated heterocycles. The van der Waals surface area contributed by atoms with Crippen molar-refractivity contribution in [1.82, 2.24) is 4.90 Å². The summed E-state index contributed by atoms with van der Waals surface area (Å²) in [5, 5.41) is 0.206. The van der Waals surface area contributed by atoms with Crippen LogP contribution >= 0.6 is 12.2 Å². The number of thiocarbonyl (C=S) groups is 1. The second kappa shape index (κ2) is 17.4. The molecule has 6 nitrogen and oxygen atoms in total. The maximum absolute atomic E-state index is 13.7. The predicted octanol–water partition coefficient (Wildman–Crippen LogP) is 8.12. The zero-order valence-corrected chi connectivity index (χ0v) is 29.6. The molecule has 1 amide bonds. The maximum atomic E-state index is 13.7. The van der Waals surface area contributed by atoms with Crippen LogP contribution in [0.25, 0.3) is 0 Å². The molecule has 0 bridgehead atoms. The van der Waals surface area contributed by atoms with Crippen molar-refractivity contribution in [3.05, 3.63) is 84.4 Å². The first-order valence-electron chi connectivity index (χ1n) is 16.1. The molecule has 242 valence electrons. The fourth-order valence-electron chi connectivity index (χ4n) is 6.79. The summed E-state index contributed by atoms with van der Waals surface area (Å²) in [6.45, 7) is 21.1. The number of ether oxygens (including phenoxy) is 3. The standard InChI is InChI=1S/C36H53NO5SSi/c1-9-16-33(39-23-31-19-14-11-15-20-31)35(29(8)22-42-44(26(2)3,27(4)5)28(6)7)40-25-34(38)37-32(24-41-36(37)43)21-30-17-12-10-13-18-30/h9-15,17-20,26-29,32-33,35H,1,16,21-25H2,2-8H3/t29-,32-,33-,35+/m0/s1. The van der Waals surface area contributed by atoms with Crippen LogP contribution in [0.2, 0.25) is 16.6 Å². The van der Waals surface area contributed by atoms with Gasteiger partial charge in [-0.2, -0.15) is 0 Å². The highest BCUT2D eigenvalue weighted by Crippen LogP contribution is 2.42. The van der Waals surface area contributed by atoms with Crippen molar-refractivity contribution in [2.45, 2.75) is 103 Å². The van der Waals surface area contributed by atoms with Crippen LogP contribution < -0.4 is 0 Å². The van der Waals surface area contributed by atoms with E-state index in [4.69, 9.17) is 30.9 Å². The lowest BCUT2D eigenvalue weighted by molar-refractivity contribution is -0.145. The molecule has 0 spiro atoms. The second-order valence-electron chi connectivity index (χ2n) is 12.9. The smallest absolute Gasteiger partial charge is 0.266 e. The summed E-state index contributed by atoms with van der Waals surface area (Å²) < 4.78 is 25.7. The van der Waals surface area contributed by atoms with Gasteiger partial charge in [0.25, 0.3) is 11.1 Å². The van der Waals surface area contributed by atoms with Crippen molar-refractivity contribution in [2.75, 3.05) is 19.8 Å². The van der Waals surface area contributed by atoms with Crippen LogP contribution in [0.3, 0.4) is 0 Å². The van der Waals surface area contributed by atoms with E-state index in [1.165, 1.54) is 0 Å². The zero-order chi connectivity index (χ0) is 32.3. The van der Waals surface area contributed by atoms with Crippen LogP contribution in [0.4, 0.5) is 0 Å². The number of carbonyl (C=O) groups excluding carboxylic acids is 1. The van der Waals surface area contributed by atoms with Crippen LogP contribution in [0.5, 0.6) is 0 Å². The summed E-state index contributed by atoms with van der Waals surface area (Å²) >= 11 is 5.46. The van der Waals surface area contributed by atoms with Gasteiger partial charge in [-0.25, -0.2) is 0 Å². The fourth-order valence-corrected chi connectivity index (χ4v) is 12.7. The Bertz CT molecular complexity index is 1150. The van der Waals surface area contributed by atoms with Gasteiger partial charge in [0, 0.05) is 12.5 Å². The van der Waals surface area contributed by atoms with E-state index < -0.39 is 14.4 Å². The van der Waals surface area contributed by atoms with Gasteiger partial charge in [0.15, 0.2) is 8.32 Å². The van der Waals surface area contributed by atoms with E-state index in [0.29, 0.717) is 49.3 Å². The summed E-state index contributed by atoms with van der Waals surface area (Å²) in [5.74, 6) is -0.240. The monoisotopic (exact) mass is 639 g/mol. The molecule has 2 aromatic carbocycles. The van der Waals surface area contributed by atoms with Crippen LogP contribution in [0.1, 0.15) is 66.0 Å². The normalized spacial score (nSPS) is 17.6. The Labute approximate surface area is 272 Å². The molecule has 8 heteroatoms. The minimum atomic E-state index is -2.11. The number of benzene rings is 2. The van der Waals surface area contributed by atoms with E-state index in [0.717, 1.165) is 11.1 Å². The molecule has 0 N–H and O–H groups in total. The Hall–Kier alpha value is -2.36. The molecule has 1 aliphatic heterocycles. The average Bonchev–Trinajstić information content (AvgIpc) is 3.36. The van der Waals surface area contributed by atoms with E-state index in [1.54, 1.807) is 4.90 Å². The minimum Gasteiger partial charge on any atom is -0.468 e. The zero-order valence-electron chi connectivity index (χ0n) is 27.7. The molecule has 44 heavy (non-hydrogen) atoms. The predicted molar refractivity (Wildman–Crippen MR) is 185 cm³/mol. The summed E-state index contributed by atoms with van der Waals surface area (Å²) in [4.78, 5) is 15.3. The molecular weight excluding hydrogens is 587 g/mol. The van der Waals surface area contributed by atoms with E-state index in [-0.39, 0.29) is 35.8 Å². The van der Waals surface area contributed by atoms with Gasteiger partial charge in [-0.3, -0.25) is 9.69 Å². The van der Waals surface area contributed by atoms with Gasteiger partial charge in [0.2, 0.25) is 0 Å². The molecule has 1 fully saturated rings. The number of carbonyl (C=O) groups is 1. The summed E-state index contributed by atoms with van der Waals surface area (Å²) in [7, 11) is -2.11. The third-order valence-electron chi connectivity index (χ3n) is 8.88. The largest absolute Gasteiger partial charge is 0.468 e. The molecule has 0 aromatic heterocycles. The third-order valence-corrected chi connectivity index (χ3v) is 15.3. The Morgan fingerprint density at radius 3 is 2.07 bits per heavy atom. The molecular formula is C36H53NO5SSi. The van der Waals surface area contributed by atoms with Crippen LogP contribution in [-0.4, -0.2) is 62.4 Å². The lowest BCUT2D eigenvalue weighted by Gasteiger charge is -2.43. The quantitative estimate of drug-likeness (QED) is 0.0933. The van der Waals surface area contributed by atoms with Gasteiger partial charge in [0.1, 0.15) is 13.2 Å². The molecule has 2 aromatic rings. The number of nitrogens with zero attached hydrogens (tertiary/aromatic N) is 1. The first-order chi connectivity index (χ1) is 21.0. The third kappa shape index (κ3) is 9.33. The molecule has 3 rings (SSSR count). The molecule has 1 heterocycles. The Kier molecular flexibility index (Phi) is 14.2. The Morgan fingerprint density at radius 2 is 1.52 bits per heavy atom. The topological polar surface area (TPSA) is 57.2 Å². The maximum Gasteiger partial charge on any atom is 0.266 e. The Morgan fingerprint density at radius 1 is 0.955 bits per heavy atom. The van der Waals surface area contributed by atoms with E-state index in [2.05, 4.69) is 67.2 Å². The highest BCUT2D eigenvalue weighted by Gasteiger charge is 2.46. The van der Waals surface area contributed by atoms with Crippen molar-refractivity contribution >= 4 is 31.6 Å². The minimum absolute atomic E-state index is 0.0338. The number of hydrogen-bond donors (Lipinski definition) is 0. The molecule has 1 aliphatic rings. The van der Waals surface area contributed by atoms with Gasteiger partial charge < -0.3 is 18.6 Å². The number of hydrogen-bond acceptors (Lipinski definition) is 6. The first-order valence-corrected chi connectivity index (χ1v) is 18.6. The van der Waals surface area contributed by atoms with Gasteiger partial charge in [-0.15, -0.1) is 6.58 Å². The van der Waals surface area contributed by atoms with Crippen molar-refractivity contribution in [3.63, 3.8) is 0 Å². The number of rotatable bonds is 18. The lowest BCUT2D eigenvalue weighted by Crippen LogP contribution is -2.50. The van der Waals surface area contributed by atoms with Gasteiger partial charge in [-0.1, -0.05) is 115 Å². The van der Waals surface area contributed by atoms with E-state index >= 15 is 0 Å². The number of amides is 1. The summed E-state index contributed by atoms with van der Waals surface area (Å²) in [6, 6.07) is 20.0. The van der Waals surface area contributed by atoms with E-state index in [9.17, 15) is 4.79 Å². The van der Waals surface area contributed by atoms with Crippen molar-refractivity contribution in [3.8, 4) is 0 Å². The van der Waals surface area contributed by atoms with Gasteiger partial charge in [-0.05, 0) is 52.8 Å². The summed E-state index contributed by atoms with van der Waals surface area (Å²) in [6.07, 6.45) is 2.39. The highest BCUT2D eigenvalue weighted by atomic mass is 32.1. The highest BCUT2D eigenvalue weighted by molar-refractivity contribution is 7.80. The lowest BCUT2D eigenvalue weighted by atomic mass is 9.98. The van der Waals surface area contributed by atoms with Gasteiger partial charge >= 0.3 is 0 Å². The SMILES string of the molecule is C=CC[C@H](OCc1ccccc1)[C@H](OCC(=O)N1C(=S)OC[C@@H]1Cc1ccccc1)[C@@H](C)CO[Si](C(C)C)(C(C)C)C(C)C. The second-order valence-corrected chi connectivity index (χ2v) is 18.7. The van der Waals surface area contributed by atoms with Crippen molar-refractivity contribution < 1.29 is 23.4 Å². The van der Waals surface area contributed by atoms with E-state index in [1.807, 2.05) is 54.6 Å². The van der Waals surface area contributed by atoms with Crippen LogP contribution in [0.15, 0.2) is 73.3 Å². The first kappa shape index (κ1) is 36.1. The summed E-state index contributed by atoms with van der Waals surface area (Å²) in [5.41, 5.74) is 3.60. The average molecular weight is 640 g/mol. The van der Waals surface area contributed by atoms with Crippen LogP contribution in [0, 0.1) is 5.92 Å².